The van der Waals surface area contributed by atoms with Gasteiger partial charge >= 0.3 is 6.18 Å². The molecule has 0 bridgehead atoms. The minimum Gasteiger partial charge on any atom is -0.386 e. The third-order valence-corrected chi connectivity index (χ3v) is 5.82. The predicted molar refractivity (Wildman–Crippen MR) is 114 cm³/mol. The van der Waals surface area contributed by atoms with Gasteiger partial charge in [0.05, 0.1) is 19.1 Å². The SMILES string of the molecule is CC(=O)N1CCC(CN(C[C@@H](O)c2cccnc2)C(=O)Cc2ccc(C(F)(F)F)nc2)CC1. The fourth-order valence-corrected chi connectivity index (χ4v) is 3.89. The van der Waals surface area contributed by atoms with Gasteiger partial charge in [-0.15, -0.1) is 0 Å². The second-order valence-electron chi connectivity index (χ2n) is 8.28. The zero-order valence-electron chi connectivity index (χ0n) is 18.3. The molecule has 1 aliphatic rings. The van der Waals surface area contributed by atoms with Crippen molar-refractivity contribution in [2.45, 2.75) is 38.5 Å². The lowest BCUT2D eigenvalue weighted by Gasteiger charge is -2.35. The number of nitrogens with zero attached hydrogens (tertiary/aromatic N) is 4. The van der Waals surface area contributed by atoms with Gasteiger partial charge in [0.1, 0.15) is 5.69 Å². The molecule has 3 heterocycles. The average Bonchev–Trinajstić information content (AvgIpc) is 2.79. The van der Waals surface area contributed by atoms with Crippen molar-refractivity contribution in [1.29, 1.82) is 0 Å². The molecule has 178 valence electrons. The predicted octanol–water partition coefficient (Wildman–Crippen LogP) is 2.86. The first kappa shape index (κ1) is 24.6. The number of rotatable bonds is 7. The van der Waals surface area contributed by atoms with Crippen LogP contribution in [0.25, 0.3) is 0 Å². The maximum atomic E-state index is 13.1. The van der Waals surface area contributed by atoms with E-state index in [0.29, 0.717) is 30.8 Å². The minimum absolute atomic E-state index is 0.0168. The van der Waals surface area contributed by atoms with E-state index < -0.39 is 18.0 Å². The second kappa shape index (κ2) is 10.7. The molecule has 2 aromatic rings. The topological polar surface area (TPSA) is 86.6 Å². The summed E-state index contributed by atoms with van der Waals surface area (Å²) in [7, 11) is 0. The molecule has 2 aromatic heterocycles. The molecule has 1 aliphatic heterocycles. The molecule has 2 amide bonds. The molecule has 0 unspecified atom stereocenters. The summed E-state index contributed by atoms with van der Waals surface area (Å²) in [6.45, 7) is 3.16. The van der Waals surface area contributed by atoms with Crippen LogP contribution < -0.4 is 0 Å². The Balaban J connectivity index is 1.70. The van der Waals surface area contributed by atoms with Gasteiger partial charge in [0, 0.05) is 50.7 Å². The Morgan fingerprint density at radius 2 is 1.94 bits per heavy atom. The molecule has 1 fully saturated rings. The van der Waals surface area contributed by atoms with Crippen molar-refractivity contribution in [3.8, 4) is 0 Å². The number of likely N-dealkylation sites (tertiary alicyclic amines) is 1. The van der Waals surface area contributed by atoms with Crippen LogP contribution in [0, 0.1) is 5.92 Å². The molecule has 0 saturated carbocycles. The van der Waals surface area contributed by atoms with Crippen molar-refractivity contribution in [2.75, 3.05) is 26.2 Å². The van der Waals surface area contributed by atoms with Crippen LogP contribution in [0.3, 0.4) is 0 Å². The molecule has 0 aliphatic carbocycles. The molecule has 0 radical (unpaired) electrons. The lowest BCUT2D eigenvalue weighted by molar-refractivity contribution is -0.141. The van der Waals surface area contributed by atoms with Gasteiger partial charge in [-0.1, -0.05) is 12.1 Å². The summed E-state index contributed by atoms with van der Waals surface area (Å²) in [5.74, 6) is -0.145. The van der Waals surface area contributed by atoms with E-state index in [2.05, 4.69) is 9.97 Å². The summed E-state index contributed by atoms with van der Waals surface area (Å²) in [6.07, 6.45) is 0.00178. The molecule has 0 spiro atoms. The highest BCUT2D eigenvalue weighted by atomic mass is 19.4. The first-order valence-corrected chi connectivity index (χ1v) is 10.8. The normalized spacial score (nSPS) is 15.8. The van der Waals surface area contributed by atoms with Gasteiger partial charge < -0.3 is 14.9 Å². The first-order chi connectivity index (χ1) is 15.6. The van der Waals surface area contributed by atoms with E-state index in [0.717, 1.165) is 25.1 Å². The Bertz CT molecular complexity index is 930. The third-order valence-electron chi connectivity index (χ3n) is 5.82. The zero-order chi connectivity index (χ0) is 24.0. The summed E-state index contributed by atoms with van der Waals surface area (Å²) in [6, 6.07) is 5.51. The van der Waals surface area contributed by atoms with Gasteiger partial charge in [0.15, 0.2) is 0 Å². The van der Waals surface area contributed by atoms with Gasteiger partial charge in [-0.25, -0.2) is 0 Å². The van der Waals surface area contributed by atoms with Crippen molar-refractivity contribution >= 4 is 11.8 Å². The second-order valence-corrected chi connectivity index (χ2v) is 8.28. The number of carbonyl (C=O) groups is 2. The molecule has 1 N–H and O–H groups in total. The Morgan fingerprint density at radius 1 is 1.21 bits per heavy atom. The highest BCUT2D eigenvalue weighted by Crippen LogP contribution is 2.27. The van der Waals surface area contributed by atoms with Crippen LogP contribution in [0.4, 0.5) is 13.2 Å². The monoisotopic (exact) mass is 464 g/mol. The molecular formula is C23H27F3N4O3. The molecular weight excluding hydrogens is 437 g/mol. The fourth-order valence-electron chi connectivity index (χ4n) is 3.89. The van der Waals surface area contributed by atoms with E-state index in [9.17, 15) is 27.9 Å². The van der Waals surface area contributed by atoms with Gasteiger partial charge in [0.25, 0.3) is 0 Å². The number of alkyl halides is 3. The summed E-state index contributed by atoms with van der Waals surface area (Å²) in [4.78, 5) is 35.4. The van der Waals surface area contributed by atoms with E-state index >= 15 is 0 Å². The number of aliphatic hydroxyl groups is 1. The number of aliphatic hydroxyl groups excluding tert-OH is 1. The maximum absolute atomic E-state index is 13.1. The summed E-state index contributed by atoms with van der Waals surface area (Å²) >= 11 is 0. The molecule has 0 aromatic carbocycles. The Hall–Kier alpha value is -3.01. The largest absolute Gasteiger partial charge is 0.433 e. The van der Waals surface area contributed by atoms with Crippen LogP contribution >= 0.6 is 0 Å². The Morgan fingerprint density at radius 3 is 2.48 bits per heavy atom. The summed E-state index contributed by atoms with van der Waals surface area (Å²) in [5.41, 5.74) is -0.0852. The Kier molecular flexibility index (Phi) is 8.01. The van der Waals surface area contributed by atoms with Crippen molar-refractivity contribution in [2.24, 2.45) is 5.92 Å². The lowest BCUT2D eigenvalue weighted by Crippen LogP contribution is -2.44. The molecule has 3 rings (SSSR count). The summed E-state index contributed by atoms with van der Waals surface area (Å²) in [5, 5.41) is 10.7. The van der Waals surface area contributed by atoms with Gasteiger partial charge in [-0.05, 0) is 36.5 Å². The minimum atomic E-state index is -4.54. The van der Waals surface area contributed by atoms with E-state index in [4.69, 9.17) is 0 Å². The molecule has 10 heteroatoms. The maximum Gasteiger partial charge on any atom is 0.433 e. The van der Waals surface area contributed by atoms with Gasteiger partial charge in [0.2, 0.25) is 11.8 Å². The van der Waals surface area contributed by atoms with Crippen molar-refractivity contribution in [3.63, 3.8) is 0 Å². The van der Waals surface area contributed by atoms with Crippen molar-refractivity contribution in [1.82, 2.24) is 19.8 Å². The molecule has 1 atom stereocenters. The number of pyridine rings is 2. The van der Waals surface area contributed by atoms with E-state index in [-0.39, 0.29) is 30.7 Å². The highest BCUT2D eigenvalue weighted by molar-refractivity contribution is 5.78. The average molecular weight is 464 g/mol. The van der Waals surface area contributed by atoms with Crippen molar-refractivity contribution in [3.05, 3.63) is 59.7 Å². The van der Waals surface area contributed by atoms with Crippen molar-refractivity contribution < 1.29 is 27.9 Å². The number of halogens is 3. The lowest BCUT2D eigenvalue weighted by atomic mass is 9.95. The van der Waals surface area contributed by atoms with E-state index in [1.165, 1.54) is 19.2 Å². The van der Waals surface area contributed by atoms with Crippen LogP contribution in [-0.2, 0) is 22.2 Å². The number of carbonyl (C=O) groups excluding carboxylic acids is 2. The number of hydrogen-bond acceptors (Lipinski definition) is 5. The quantitative estimate of drug-likeness (QED) is 0.681. The number of aromatic nitrogens is 2. The molecule has 7 nitrogen and oxygen atoms in total. The smallest absolute Gasteiger partial charge is 0.386 e. The fraction of sp³-hybridized carbons (Fsp3) is 0.478. The third kappa shape index (κ3) is 6.98. The number of amides is 2. The Labute approximate surface area is 190 Å². The van der Waals surface area contributed by atoms with Gasteiger partial charge in [-0.2, -0.15) is 13.2 Å². The number of hydrogen-bond donors (Lipinski definition) is 1. The highest BCUT2D eigenvalue weighted by Gasteiger charge is 2.32. The van der Waals surface area contributed by atoms with E-state index in [1.54, 1.807) is 28.1 Å². The standard InChI is InChI=1S/C23H27F3N4O3/c1-16(31)29-9-6-17(7-10-29)14-30(15-20(32)19-3-2-8-27-13-19)22(33)11-18-4-5-21(28-12-18)23(24,25)26/h2-5,8,12-13,17,20,32H,6-7,9-11,14-15H2,1H3/t20-/m1/s1. The molecule has 33 heavy (non-hydrogen) atoms. The molecule has 1 saturated heterocycles. The zero-order valence-corrected chi connectivity index (χ0v) is 18.3. The van der Waals surface area contributed by atoms with Crippen LogP contribution in [0.2, 0.25) is 0 Å². The van der Waals surface area contributed by atoms with Crippen LogP contribution in [0.15, 0.2) is 42.9 Å². The van der Waals surface area contributed by atoms with Gasteiger partial charge in [-0.3, -0.25) is 19.6 Å². The van der Waals surface area contributed by atoms with E-state index in [1.807, 2.05) is 0 Å². The van der Waals surface area contributed by atoms with Crippen LogP contribution in [0.1, 0.15) is 42.7 Å². The van der Waals surface area contributed by atoms with Crippen LogP contribution in [0.5, 0.6) is 0 Å². The summed E-state index contributed by atoms with van der Waals surface area (Å²) < 4.78 is 38.3. The first-order valence-electron chi connectivity index (χ1n) is 10.8. The number of piperidine rings is 1. The van der Waals surface area contributed by atoms with Crippen LogP contribution in [-0.4, -0.2) is 62.9 Å².